The summed E-state index contributed by atoms with van der Waals surface area (Å²) in [5.74, 6) is -0.891. The molecule has 2 rings (SSSR count). The average Bonchev–Trinajstić information content (AvgIpc) is 2.37. The van der Waals surface area contributed by atoms with E-state index in [-0.39, 0.29) is 11.1 Å². The number of amides is 1. The second kappa shape index (κ2) is 3.78. The predicted octanol–water partition coefficient (Wildman–Crippen LogP) is 2.78. The number of cyclic esters (lactones) is 1. The number of carbonyl (C=O) groups is 1. The van der Waals surface area contributed by atoms with Crippen LogP contribution < -0.4 is 4.90 Å². The van der Waals surface area contributed by atoms with Crippen LogP contribution >= 0.6 is 11.6 Å². The first-order valence-electron chi connectivity index (χ1n) is 5.38. The van der Waals surface area contributed by atoms with E-state index in [4.69, 9.17) is 16.3 Å². The van der Waals surface area contributed by atoms with E-state index < -0.39 is 23.1 Å². The molecule has 2 heterocycles. The summed E-state index contributed by atoms with van der Waals surface area (Å²) < 4.78 is 19.0. The zero-order chi connectivity index (χ0) is 13.7. The summed E-state index contributed by atoms with van der Waals surface area (Å²) in [6.07, 6.45) is 0.276. The third-order valence-electron chi connectivity index (χ3n) is 3.47. The van der Waals surface area contributed by atoms with Gasteiger partial charge in [-0.2, -0.15) is 4.98 Å². The Balaban J connectivity index is 2.57. The molecule has 0 spiro atoms. The molecule has 1 aromatic heterocycles. The summed E-state index contributed by atoms with van der Waals surface area (Å²) in [6.45, 7) is 7.05. The molecule has 5 nitrogen and oxygen atoms in total. The molecule has 0 unspecified atom stereocenters. The maximum absolute atomic E-state index is 13.8. The highest BCUT2D eigenvalue weighted by Crippen LogP contribution is 2.41. The predicted molar refractivity (Wildman–Crippen MR) is 64.1 cm³/mol. The summed E-state index contributed by atoms with van der Waals surface area (Å²) in [5, 5.41) is -0.125. The minimum Gasteiger partial charge on any atom is -0.441 e. The molecule has 0 aliphatic carbocycles. The van der Waals surface area contributed by atoms with E-state index in [0.29, 0.717) is 0 Å². The number of nitrogens with zero attached hydrogens (tertiary/aromatic N) is 3. The molecule has 0 radical (unpaired) electrons. The van der Waals surface area contributed by atoms with Gasteiger partial charge in [-0.05, 0) is 39.3 Å². The monoisotopic (exact) mass is 273 g/mol. The normalized spacial score (nSPS) is 21.0. The lowest BCUT2D eigenvalue weighted by Crippen LogP contribution is -2.51. The Morgan fingerprint density at radius 1 is 1.39 bits per heavy atom. The Morgan fingerprint density at radius 2 is 2.00 bits per heavy atom. The fourth-order valence-corrected chi connectivity index (χ4v) is 1.86. The number of rotatable bonds is 1. The van der Waals surface area contributed by atoms with Crippen molar-refractivity contribution in [1.82, 2.24) is 9.97 Å². The minimum atomic E-state index is -0.770. The highest BCUT2D eigenvalue weighted by molar-refractivity contribution is 6.28. The van der Waals surface area contributed by atoms with Gasteiger partial charge in [0.05, 0.1) is 11.7 Å². The van der Waals surface area contributed by atoms with Crippen LogP contribution in [0.2, 0.25) is 5.28 Å². The molecule has 1 aliphatic heterocycles. The van der Waals surface area contributed by atoms with Crippen LogP contribution in [0.1, 0.15) is 27.7 Å². The van der Waals surface area contributed by atoms with Crippen LogP contribution in [0, 0.1) is 5.82 Å². The number of hydrogen-bond donors (Lipinski definition) is 0. The van der Waals surface area contributed by atoms with E-state index in [0.717, 1.165) is 11.1 Å². The molecule has 1 saturated heterocycles. The Kier molecular flexibility index (Phi) is 2.73. The molecule has 1 aromatic rings. The van der Waals surface area contributed by atoms with Gasteiger partial charge in [0.25, 0.3) is 0 Å². The summed E-state index contributed by atoms with van der Waals surface area (Å²) in [4.78, 5) is 20.4. The molecule has 1 fully saturated rings. The van der Waals surface area contributed by atoms with Crippen LogP contribution in [0.25, 0.3) is 0 Å². The topological polar surface area (TPSA) is 55.3 Å². The van der Waals surface area contributed by atoms with Crippen molar-refractivity contribution in [2.45, 2.75) is 38.8 Å². The molecule has 1 amide bonds. The first-order valence-corrected chi connectivity index (χ1v) is 5.76. The van der Waals surface area contributed by atoms with Crippen LogP contribution in [-0.4, -0.2) is 27.2 Å². The number of carbonyl (C=O) groups excluding carboxylic acids is 1. The summed E-state index contributed by atoms with van der Waals surface area (Å²) in [6, 6.07) is 0. The lowest BCUT2D eigenvalue weighted by atomic mass is 9.85. The van der Waals surface area contributed by atoms with Crippen molar-refractivity contribution in [3.8, 4) is 0 Å². The van der Waals surface area contributed by atoms with Gasteiger partial charge in [-0.1, -0.05) is 0 Å². The van der Waals surface area contributed by atoms with Crippen molar-refractivity contribution in [2.75, 3.05) is 4.90 Å². The van der Waals surface area contributed by atoms with Crippen molar-refractivity contribution in [2.24, 2.45) is 0 Å². The maximum Gasteiger partial charge on any atom is 0.416 e. The van der Waals surface area contributed by atoms with Gasteiger partial charge in [-0.25, -0.2) is 19.1 Å². The minimum absolute atomic E-state index is 0.125. The van der Waals surface area contributed by atoms with Crippen molar-refractivity contribution in [1.29, 1.82) is 0 Å². The zero-order valence-electron chi connectivity index (χ0n) is 10.5. The zero-order valence-corrected chi connectivity index (χ0v) is 11.2. The van der Waals surface area contributed by atoms with Crippen LogP contribution in [0.15, 0.2) is 6.20 Å². The molecule has 0 aromatic carbocycles. The van der Waals surface area contributed by atoms with Crippen molar-refractivity contribution in [3.05, 3.63) is 17.3 Å². The van der Waals surface area contributed by atoms with Gasteiger partial charge in [-0.15, -0.1) is 0 Å². The Hall–Kier alpha value is -1.43. The quantitative estimate of drug-likeness (QED) is 0.738. The van der Waals surface area contributed by atoms with Gasteiger partial charge < -0.3 is 4.74 Å². The SMILES string of the molecule is CC1(C)OC(=O)N(c2nc(Cl)ncc2F)C1(C)C. The number of halogens is 2. The fourth-order valence-electron chi connectivity index (χ4n) is 1.73. The first kappa shape index (κ1) is 13.0. The number of anilines is 1. The number of ether oxygens (including phenoxy) is 1. The first-order chi connectivity index (χ1) is 8.17. The van der Waals surface area contributed by atoms with Crippen LogP contribution in [0.5, 0.6) is 0 Å². The van der Waals surface area contributed by atoms with E-state index in [1.54, 1.807) is 27.7 Å². The Bertz CT molecular complexity index is 519. The van der Waals surface area contributed by atoms with Gasteiger partial charge in [0.2, 0.25) is 5.28 Å². The fraction of sp³-hybridized carbons (Fsp3) is 0.545. The third-order valence-corrected chi connectivity index (χ3v) is 3.65. The summed E-state index contributed by atoms with van der Waals surface area (Å²) in [5.41, 5.74) is -1.53. The van der Waals surface area contributed by atoms with Crippen molar-refractivity contribution >= 4 is 23.5 Å². The molecule has 0 saturated carbocycles. The van der Waals surface area contributed by atoms with Crippen molar-refractivity contribution in [3.63, 3.8) is 0 Å². The average molecular weight is 274 g/mol. The maximum atomic E-state index is 13.8. The summed E-state index contributed by atoms with van der Waals surface area (Å²) in [7, 11) is 0. The van der Waals surface area contributed by atoms with E-state index in [1.807, 2.05) is 0 Å². The largest absolute Gasteiger partial charge is 0.441 e. The van der Waals surface area contributed by atoms with E-state index in [9.17, 15) is 9.18 Å². The summed E-state index contributed by atoms with van der Waals surface area (Å²) >= 11 is 5.64. The molecule has 0 atom stereocenters. The highest BCUT2D eigenvalue weighted by atomic mass is 35.5. The van der Waals surface area contributed by atoms with Crippen molar-refractivity contribution < 1.29 is 13.9 Å². The van der Waals surface area contributed by atoms with E-state index in [1.165, 1.54) is 0 Å². The Labute approximate surface area is 109 Å². The molecular weight excluding hydrogens is 261 g/mol. The van der Waals surface area contributed by atoms with E-state index >= 15 is 0 Å². The molecule has 0 bridgehead atoms. The Morgan fingerprint density at radius 3 is 2.50 bits per heavy atom. The molecular formula is C11H13ClFN3O2. The van der Waals surface area contributed by atoms with Gasteiger partial charge >= 0.3 is 6.09 Å². The second-order valence-corrected chi connectivity index (χ2v) is 5.42. The third kappa shape index (κ3) is 1.71. The smallest absolute Gasteiger partial charge is 0.416 e. The molecule has 1 aliphatic rings. The highest BCUT2D eigenvalue weighted by Gasteiger charge is 2.56. The molecule has 0 N–H and O–H groups in total. The molecule has 18 heavy (non-hydrogen) atoms. The standard InChI is InChI=1S/C11H13ClFN3O2/c1-10(2)11(3,4)18-9(17)16(10)7-6(13)5-14-8(12)15-7/h5H,1-4H3. The van der Waals surface area contributed by atoms with Gasteiger partial charge in [0.15, 0.2) is 11.6 Å². The second-order valence-electron chi connectivity index (χ2n) is 5.08. The molecule has 98 valence electrons. The lowest BCUT2D eigenvalue weighted by molar-refractivity contribution is 0.0458. The van der Waals surface area contributed by atoms with Gasteiger partial charge in [0.1, 0.15) is 5.60 Å². The van der Waals surface area contributed by atoms with Gasteiger partial charge in [0, 0.05) is 0 Å². The van der Waals surface area contributed by atoms with Crippen LogP contribution in [0.3, 0.4) is 0 Å². The number of aromatic nitrogens is 2. The van der Waals surface area contributed by atoms with Crippen LogP contribution in [0.4, 0.5) is 15.0 Å². The van der Waals surface area contributed by atoms with Gasteiger partial charge in [-0.3, -0.25) is 0 Å². The lowest BCUT2D eigenvalue weighted by Gasteiger charge is -2.36. The number of hydrogen-bond acceptors (Lipinski definition) is 4. The van der Waals surface area contributed by atoms with E-state index in [2.05, 4.69) is 9.97 Å². The van der Waals surface area contributed by atoms with Crippen LogP contribution in [-0.2, 0) is 4.74 Å². The molecule has 7 heteroatoms.